The molecule has 2 heterocycles. The maximum Gasteiger partial charge on any atom is 0.379 e. The van der Waals surface area contributed by atoms with Crippen LogP contribution in [0.25, 0.3) is 10.9 Å². The minimum atomic E-state index is -4.94. The fourth-order valence-corrected chi connectivity index (χ4v) is 5.69. The highest BCUT2D eigenvalue weighted by atomic mass is 32.2. The van der Waals surface area contributed by atoms with Crippen LogP contribution < -0.4 is 0 Å². The summed E-state index contributed by atoms with van der Waals surface area (Å²) in [6, 6.07) is 6.00. The minimum Gasteiger partial charge on any atom is -0.394 e. The van der Waals surface area contributed by atoms with Gasteiger partial charge in [0.05, 0.1) is 17.2 Å². The standard InChI is InChI=1S/C16H20N2O11S3/c19-7-11-13(20)14(21)15(22)16(29-11)30-12(17-31(23,24)25)5-8-6-18(32(26,27)28)10-4-2-1-3-9(8)10/h1-4,6,11,13-16,19-22H,5,7H2,(H,23,24,25)(H,26,27,28)/b17-12+/t11-,13-,14+,15-,16+/m1/s1. The van der Waals surface area contributed by atoms with E-state index in [0.717, 1.165) is 6.20 Å². The van der Waals surface area contributed by atoms with Crippen molar-refractivity contribution in [1.82, 2.24) is 3.97 Å². The lowest BCUT2D eigenvalue weighted by atomic mass is 10.0. The summed E-state index contributed by atoms with van der Waals surface area (Å²) in [5, 5.41) is 39.3. The molecule has 1 aliphatic heterocycles. The maximum atomic E-state index is 11.7. The molecule has 0 unspecified atom stereocenters. The molecule has 1 aliphatic rings. The molecule has 2 aromatic rings. The molecule has 16 heteroatoms. The summed E-state index contributed by atoms with van der Waals surface area (Å²) in [6.07, 6.45) is -5.70. The third-order valence-corrected chi connectivity index (χ3v) is 7.16. The van der Waals surface area contributed by atoms with Gasteiger partial charge in [0.1, 0.15) is 29.9 Å². The Bertz CT molecular complexity index is 1220. The van der Waals surface area contributed by atoms with Crippen molar-refractivity contribution in [3.63, 3.8) is 0 Å². The minimum absolute atomic E-state index is 0.0917. The van der Waals surface area contributed by atoms with Crippen LogP contribution >= 0.6 is 11.8 Å². The summed E-state index contributed by atoms with van der Waals surface area (Å²) in [5.74, 6) is 0. The van der Waals surface area contributed by atoms with E-state index in [1.165, 1.54) is 18.2 Å². The van der Waals surface area contributed by atoms with Crippen LogP contribution in [0.5, 0.6) is 0 Å². The van der Waals surface area contributed by atoms with Crippen molar-refractivity contribution in [2.75, 3.05) is 6.61 Å². The van der Waals surface area contributed by atoms with E-state index in [0.29, 0.717) is 21.1 Å². The van der Waals surface area contributed by atoms with Crippen molar-refractivity contribution >= 4 is 48.3 Å². The normalized spacial score (nSPS) is 27.7. The van der Waals surface area contributed by atoms with Crippen LogP contribution in [0, 0.1) is 0 Å². The monoisotopic (exact) mass is 512 g/mol. The zero-order chi connectivity index (χ0) is 23.8. The number of ether oxygens (including phenoxy) is 1. The fourth-order valence-electron chi connectivity index (χ4n) is 3.24. The lowest BCUT2D eigenvalue weighted by Crippen LogP contribution is -2.57. The van der Waals surface area contributed by atoms with Gasteiger partial charge in [-0.15, -0.1) is 4.40 Å². The quantitative estimate of drug-likeness (QED) is 0.149. The number of hydrogen-bond acceptors (Lipinski definition) is 10. The van der Waals surface area contributed by atoms with Crippen molar-refractivity contribution in [2.24, 2.45) is 4.40 Å². The fraction of sp³-hybridized carbons (Fsp3) is 0.438. The first-order chi connectivity index (χ1) is 14.8. The van der Waals surface area contributed by atoms with Gasteiger partial charge in [-0.3, -0.25) is 9.11 Å². The van der Waals surface area contributed by atoms with Gasteiger partial charge in [-0.05, 0) is 11.6 Å². The smallest absolute Gasteiger partial charge is 0.379 e. The SMILES string of the molecule is O=S(=O)(O)/N=C(\Cc1cn(S(=O)(=O)O)c2ccccc12)S[C@@H]1O[C@H](CO)[C@@H](O)[C@H](O)[C@H]1O. The van der Waals surface area contributed by atoms with Gasteiger partial charge in [0.2, 0.25) is 0 Å². The molecule has 0 spiro atoms. The molecular weight excluding hydrogens is 492 g/mol. The molecule has 178 valence electrons. The largest absolute Gasteiger partial charge is 0.394 e. The Balaban J connectivity index is 2.00. The van der Waals surface area contributed by atoms with Crippen molar-refractivity contribution in [3.8, 4) is 0 Å². The van der Waals surface area contributed by atoms with Crippen LogP contribution in [-0.2, 0) is 31.8 Å². The summed E-state index contributed by atoms with van der Waals surface area (Å²) < 4.78 is 73.9. The van der Waals surface area contributed by atoms with E-state index in [9.17, 15) is 46.4 Å². The topological polar surface area (TPSA) is 216 Å². The van der Waals surface area contributed by atoms with Crippen LogP contribution in [0.15, 0.2) is 34.9 Å². The van der Waals surface area contributed by atoms with E-state index in [1.807, 2.05) is 0 Å². The molecule has 6 N–H and O–H groups in total. The molecule has 13 nitrogen and oxygen atoms in total. The molecule has 32 heavy (non-hydrogen) atoms. The molecule has 0 bridgehead atoms. The molecule has 1 saturated heterocycles. The van der Waals surface area contributed by atoms with Gasteiger partial charge in [0.15, 0.2) is 0 Å². The number of aliphatic hydroxyl groups excluding tert-OH is 4. The zero-order valence-electron chi connectivity index (χ0n) is 16.0. The predicted molar refractivity (Wildman–Crippen MR) is 113 cm³/mol. The number of aliphatic hydroxyl groups is 4. The van der Waals surface area contributed by atoms with E-state index in [-0.39, 0.29) is 22.5 Å². The average Bonchev–Trinajstić information content (AvgIpc) is 3.06. The molecule has 5 atom stereocenters. The first-order valence-corrected chi connectivity index (χ1v) is 12.6. The average molecular weight is 513 g/mol. The molecule has 0 saturated carbocycles. The Labute approximate surface area is 186 Å². The van der Waals surface area contributed by atoms with Crippen molar-refractivity contribution < 1.29 is 51.1 Å². The number of fused-ring (bicyclic) bond motifs is 1. The molecule has 1 aromatic carbocycles. The Hall–Kier alpha value is -1.60. The van der Waals surface area contributed by atoms with Gasteiger partial charge in [-0.2, -0.15) is 16.8 Å². The van der Waals surface area contributed by atoms with Crippen LogP contribution in [0.2, 0.25) is 0 Å². The highest BCUT2D eigenvalue weighted by molar-refractivity contribution is 8.14. The van der Waals surface area contributed by atoms with Gasteiger partial charge in [-0.1, -0.05) is 30.0 Å². The summed E-state index contributed by atoms with van der Waals surface area (Å²) >= 11 is 0.481. The molecule has 1 aromatic heterocycles. The third kappa shape index (κ3) is 5.48. The number of thioether (sulfide) groups is 1. The van der Waals surface area contributed by atoms with Gasteiger partial charge in [0, 0.05) is 18.0 Å². The van der Waals surface area contributed by atoms with Crippen LogP contribution in [0.3, 0.4) is 0 Å². The van der Waals surface area contributed by atoms with Gasteiger partial charge in [-0.25, -0.2) is 3.97 Å². The maximum absolute atomic E-state index is 11.7. The van der Waals surface area contributed by atoms with Crippen LogP contribution in [0.4, 0.5) is 0 Å². The van der Waals surface area contributed by atoms with E-state index in [1.54, 1.807) is 6.07 Å². The number of aromatic nitrogens is 1. The van der Waals surface area contributed by atoms with Gasteiger partial charge >= 0.3 is 20.6 Å². The van der Waals surface area contributed by atoms with E-state index in [4.69, 9.17) is 4.74 Å². The Kier molecular flexibility index (Phi) is 7.30. The molecule has 1 fully saturated rings. The Morgan fingerprint density at radius 2 is 1.72 bits per heavy atom. The third-order valence-electron chi connectivity index (χ3n) is 4.67. The number of para-hydroxylation sites is 1. The van der Waals surface area contributed by atoms with E-state index in [2.05, 4.69) is 4.40 Å². The first-order valence-electron chi connectivity index (χ1n) is 8.92. The van der Waals surface area contributed by atoms with Crippen molar-refractivity contribution in [2.45, 2.75) is 36.3 Å². The first kappa shape index (κ1) is 25.0. The molecule has 0 aliphatic carbocycles. The highest BCUT2D eigenvalue weighted by Crippen LogP contribution is 2.32. The predicted octanol–water partition coefficient (Wildman–Crippen LogP) is -1.43. The van der Waals surface area contributed by atoms with Gasteiger partial charge < -0.3 is 25.2 Å². The molecule has 0 amide bonds. The van der Waals surface area contributed by atoms with Crippen molar-refractivity contribution in [3.05, 3.63) is 36.0 Å². The Morgan fingerprint density at radius 1 is 1.06 bits per heavy atom. The Morgan fingerprint density at radius 3 is 2.31 bits per heavy atom. The second-order valence-electron chi connectivity index (χ2n) is 6.87. The number of nitrogens with zero attached hydrogens (tertiary/aromatic N) is 2. The second-order valence-corrected chi connectivity index (χ2v) is 10.4. The van der Waals surface area contributed by atoms with Crippen LogP contribution in [-0.4, -0.2) is 91.8 Å². The summed E-state index contributed by atoms with van der Waals surface area (Å²) in [7, 11) is -9.63. The highest BCUT2D eigenvalue weighted by Gasteiger charge is 2.44. The van der Waals surface area contributed by atoms with E-state index >= 15 is 0 Å². The lowest BCUT2D eigenvalue weighted by Gasteiger charge is -2.39. The molecule has 0 radical (unpaired) electrons. The summed E-state index contributed by atoms with van der Waals surface area (Å²) in [6.45, 7) is -0.714. The lowest BCUT2D eigenvalue weighted by molar-refractivity contribution is -0.205. The molecule has 3 rings (SSSR count). The summed E-state index contributed by atoms with van der Waals surface area (Å²) in [4.78, 5) is 0. The number of hydrogen-bond donors (Lipinski definition) is 6. The van der Waals surface area contributed by atoms with Crippen molar-refractivity contribution in [1.29, 1.82) is 0 Å². The van der Waals surface area contributed by atoms with E-state index < -0.39 is 57.1 Å². The van der Waals surface area contributed by atoms with Gasteiger partial charge in [0.25, 0.3) is 0 Å². The number of rotatable bonds is 6. The second kappa shape index (κ2) is 9.34. The zero-order valence-corrected chi connectivity index (χ0v) is 18.5. The van der Waals surface area contributed by atoms with Crippen LogP contribution in [0.1, 0.15) is 5.56 Å². The summed E-state index contributed by atoms with van der Waals surface area (Å²) in [5.41, 5.74) is -1.12. The molecular formula is C16H20N2O11S3. The number of benzene rings is 1.